The van der Waals surface area contributed by atoms with Crippen molar-refractivity contribution in [3.05, 3.63) is 0 Å². The van der Waals surface area contributed by atoms with Gasteiger partial charge >= 0.3 is 129 Å². The number of hydrogen-bond donors (Lipinski definition) is 3. The molecule has 0 saturated carbocycles. The molecule has 0 amide bonds. The molecule has 18 heavy (non-hydrogen) atoms. The van der Waals surface area contributed by atoms with E-state index in [1.165, 1.54) is 0 Å². The summed E-state index contributed by atoms with van der Waals surface area (Å²) in [4.78, 5) is 12.0. The Labute approximate surface area is 129 Å². The molecule has 0 aliphatic heterocycles. The topological polar surface area (TPSA) is 46.5 Å². The van der Waals surface area contributed by atoms with E-state index in [0.29, 0.717) is 0 Å². The summed E-state index contributed by atoms with van der Waals surface area (Å²) in [6, 6.07) is 0. The van der Waals surface area contributed by atoms with Gasteiger partial charge in [-0.1, -0.05) is 0 Å². The zero-order valence-electron chi connectivity index (χ0n) is 11.4. The SMILES string of the molecule is CCC[CH2][SnH]([CH2]CCC)[C](S)(S)C(=O)OCCO. The van der Waals surface area contributed by atoms with Gasteiger partial charge in [-0.15, -0.1) is 0 Å². The monoisotopic (exact) mass is 402 g/mol. The first-order chi connectivity index (χ1) is 8.50. The first-order valence-corrected chi connectivity index (χ1v) is 13.9. The van der Waals surface area contributed by atoms with Crippen LogP contribution in [0.3, 0.4) is 0 Å². The molecule has 0 aromatic heterocycles. The van der Waals surface area contributed by atoms with E-state index < -0.39 is 21.9 Å². The van der Waals surface area contributed by atoms with Gasteiger partial charge in [-0.25, -0.2) is 0 Å². The van der Waals surface area contributed by atoms with Crippen molar-refractivity contribution in [2.45, 2.75) is 50.5 Å². The van der Waals surface area contributed by atoms with Crippen molar-refractivity contribution >= 4 is 51.0 Å². The fraction of sp³-hybridized carbons (Fsp3) is 0.917. The quantitative estimate of drug-likeness (QED) is 0.228. The molecular weight excluding hydrogens is 375 g/mol. The van der Waals surface area contributed by atoms with Gasteiger partial charge in [0.05, 0.1) is 0 Å². The first kappa shape index (κ1) is 18.9. The van der Waals surface area contributed by atoms with Gasteiger partial charge in [0.15, 0.2) is 0 Å². The molecule has 0 bridgehead atoms. The molecule has 0 aliphatic carbocycles. The Balaban J connectivity index is 4.54. The van der Waals surface area contributed by atoms with E-state index in [1.807, 2.05) is 0 Å². The van der Waals surface area contributed by atoms with E-state index >= 15 is 0 Å². The first-order valence-electron chi connectivity index (χ1n) is 6.73. The van der Waals surface area contributed by atoms with Gasteiger partial charge in [-0.3, -0.25) is 0 Å². The Hall–Kier alpha value is 0.929. The number of carbonyl (C=O) groups excluding carboxylic acids is 1. The van der Waals surface area contributed by atoms with Gasteiger partial charge in [-0.2, -0.15) is 0 Å². The Morgan fingerprint density at radius 3 is 2.11 bits per heavy atom. The molecule has 0 unspecified atom stereocenters. The third-order valence-electron chi connectivity index (χ3n) is 3.01. The minimum atomic E-state index is -2.18. The summed E-state index contributed by atoms with van der Waals surface area (Å²) in [6.07, 6.45) is 4.59. The van der Waals surface area contributed by atoms with Gasteiger partial charge in [0, 0.05) is 0 Å². The van der Waals surface area contributed by atoms with Crippen LogP contribution in [0.25, 0.3) is 0 Å². The number of unbranched alkanes of at least 4 members (excludes halogenated alkanes) is 2. The van der Waals surface area contributed by atoms with Crippen LogP contribution in [-0.2, 0) is 9.53 Å². The summed E-state index contributed by atoms with van der Waals surface area (Å²) in [5, 5.41) is 8.69. The van der Waals surface area contributed by atoms with Crippen LogP contribution in [0, 0.1) is 0 Å². The van der Waals surface area contributed by atoms with Gasteiger partial charge in [-0.05, 0) is 0 Å². The van der Waals surface area contributed by atoms with Crippen LogP contribution in [0.15, 0.2) is 0 Å². The van der Waals surface area contributed by atoms with Crippen molar-refractivity contribution < 1.29 is 14.6 Å². The Morgan fingerprint density at radius 2 is 1.72 bits per heavy atom. The number of hydrogen-bond acceptors (Lipinski definition) is 5. The second-order valence-corrected chi connectivity index (χ2v) is 18.8. The predicted octanol–water partition coefficient (Wildman–Crippen LogP) is 2.44. The molecule has 0 spiro atoms. The summed E-state index contributed by atoms with van der Waals surface area (Å²) in [5.41, 5.74) is 0. The molecule has 0 atom stereocenters. The molecule has 6 heteroatoms. The van der Waals surface area contributed by atoms with E-state index in [2.05, 4.69) is 39.1 Å². The van der Waals surface area contributed by atoms with Crippen molar-refractivity contribution in [2.75, 3.05) is 13.2 Å². The van der Waals surface area contributed by atoms with Crippen molar-refractivity contribution in [3.8, 4) is 0 Å². The average molecular weight is 401 g/mol. The number of aliphatic hydroxyl groups excluding tert-OH is 1. The molecule has 0 aromatic rings. The zero-order chi connectivity index (χ0) is 14.0. The predicted molar refractivity (Wildman–Crippen MR) is 85.3 cm³/mol. The van der Waals surface area contributed by atoms with E-state index in [-0.39, 0.29) is 19.2 Å². The van der Waals surface area contributed by atoms with E-state index in [4.69, 9.17) is 9.84 Å². The number of carbonyl (C=O) groups is 1. The molecular formula is C12H26O3S2Sn. The second kappa shape index (κ2) is 10.7. The van der Waals surface area contributed by atoms with Gasteiger partial charge < -0.3 is 0 Å². The molecule has 3 nitrogen and oxygen atoms in total. The van der Waals surface area contributed by atoms with Crippen molar-refractivity contribution in [1.29, 1.82) is 0 Å². The van der Waals surface area contributed by atoms with Gasteiger partial charge in [0.2, 0.25) is 0 Å². The number of ether oxygens (including phenoxy) is 1. The van der Waals surface area contributed by atoms with Gasteiger partial charge in [0.1, 0.15) is 0 Å². The second-order valence-electron chi connectivity index (χ2n) is 4.57. The summed E-state index contributed by atoms with van der Waals surface area (Å²) < 4.78 is 6.44. The van der Waals surface area contributed by atoms with E-state index in [9.17, 15) is 4.79 Å². The Kier molecular flexibility index (Phi) is 11.2. The van der Waals surface area contributed by atoms with Crippen LogP contribution in [0.1, 0.15) is 39.5 Å². The van der Waals surface area contributed by atoms with Gasteiger partial charge in [0.25, 0.3) is 0 Å². The third-order valence-corrected chi connectivity index (χ3v) is 18.5. The molecule has 108 valence electrons. The molecule has 0 radical (unpaired) electrons. The summed E-state index contributed by atoms with van der Waals surface area (Å²) in [5.74, 6) is -0.351. The minimum absolute atomic E-state index is 0.0435. The normalized spacial score (nSPS) is 11.9. The number of aliphatic hydroxyl groups is 1. The molecule has 0 aliphatic rings. The maximum absolute atomic E-state index is 12.0. The number of esters is 1. The van der Waals surface area contributed by atoms with Crippen LogP contribution in [0.2, 0.25) is 8.87 Å². The summed E-state index contributed by atoms with van der Waals surface area (Å²) in [6.45, 7) is 4.21. The number of rotatable bonds is 10. The number of thiol groups is 2. The van der Waals surface area contributed by atoms with Crippen molar-refractivity contribution in [3.63, 3.8) is 0 Å². The van der Waals surface area contributed by atoms with E-state index in [0.717, 1.165) is 34.6 Å². The molecule has 1 N–H and O–H groups in total. The summed E-state index contributed by atoms with van der Waals surface area (Å²) >= 11 is 6.81. The molecule has 0 aromatic carbocycles. The standard InChI is InChI=1S/C4H7O3S2.2C4H9.Sn.H/c5-1-2-7-3(6)4(8)9;2*1-3-4-2;;/h5,8-9H,1-2H2;2*1,3-4H2,2H3;;. The summed E-state index contributed by atoms with van der Waals surface area (Å²) in [7, 11) is 0. The van der Waals surface area contributed by atoms with E-state index in [1.54, 1.807) is 0 Å². The van der Waals surface area contributed by atoms with Crippen LogP contribution in [-0.4, -0.2) is 46.1 Å². The average Bonchev–Trinajstić information content (AvgIpc) is 2.35. The molecule has 0 fully saturated rings. The van der Waals surface area contributed by atoms with Crippen molar-refractivity contribution in [1.82, 2.24) is 0 Å². The van der Waals surface area contributed by atoms with Crippen molar-refractivity contribution in [2.24, 2.45) is 0 Å². The van der Waals surface area contributed by atoms with Crippen LogP contribution in [0.5, 0.6) is 0 Å². The van der Waals surface area contributed by atoms with Crippen LogP contribution < -0.4 is 0 Å². The Morgan fingerprint density at radius 1 is 1.22 bits per heavy atom. The fourth-order valence-electron chi connectivity index (χ4n) is 1.86. The Bertz CT molecular complexity index is 229. The van der Waals surface area contributed by atoms with Crippen LogP contribution >= 0.6 is 25.3 Å². The van der Waals surface area contributed by atoms with Crippen LogP contribution in [0.4, 0.5) is 0 Å². The molecule has 0 rings (SSSR count). The molecule has 0 heterocycles. The fourth-order valence-corrected chi connectivity index (χ4v) is 14.9. The third kappa shape index (κ3) is 6.91. The zero-order valence-corrected chi connectivity index (χ0v) is 16.5. The molecule has 0 saturated heterocycles. The maximum atomic E-state index is 12.0.